The Labute approximate surface area is 165 Å². The predicted molar refractivity (Wildman–Crippen MR) is 110 cm³/mol. The molecule has 0 aliphatic rings. The van der Waals surface area contributed by atoms with Crippen molar-refractivity contribution in [2.75, 3.05) is 19.0 Å². The summed E-state index contributed by atoms with van der Waals surface area (Å²) in [5, 5.41) is 6.13. The summed E-state index contributed by atoms with van der Waals surface area (Å²) in [6, 6.07) is 15.6. The lowest BCUT2D eigenvalue weighted by Crippen LogP contribution is -2.26. The van der Waals surface area contributed by atoms with Crippen LogP contribution in [0.15, 0.2) is 54.9 Å². The van der Waals surface area contributed by atoms with Crippen LogP contribution in [0.3, 0.4) is 0 Å². The van der Waals surface area contributed by atoms with E-state index in [9.17, 15) is 4.79 Å². The maximum atomic E-state index is 12.4. The van der Waals surface area contributed by atoms with Crippen molar-refractivity contribution in [1.29, 1.82) is 0 Å². The average molecular weight is 376 g/mol. The second-order valence-corrected chi connectivity index (χ2v) is 6.64. The van der Waals surface area contributed by atoms with Gasteiger partial charge in [0.1, 0.15) is 23.6 Å². The molecule has 0 saturated heterocycles. The summed E-state index contributed by atoms with van der Waals surface area (Å²) in [4.78, 5) is 20.7. The number of ether oxygens (including phenoxy) is 1. The van der Waals surface area contributed by atoms with Gasteiger partial charge in [-0.3, -0.25) is 4.79 Å². The minimum absolute atomic E-state index is 0.223. The Balaban J connectivity index is 1.58. The smallest absolute Gasteiger partial charge is 0.270 e. The molecule has 0 aliphatic heterocycles. The van der Waals surface area contributed by atoms with E-state index in [0.29, 0.717) is 18.1 Å². The molecule has 0 spiro atoms. The van der Waals surface area contributed by atoms with Gasteiger partial charge in [0.2, 0.25) is 0 Å². The van der Waals surface area contributed by atoms with Gasteiger partial charge in [0, 0.05) is 18.3 Å². The van der Waals surface area contributed by atoms with Gasteiger partial charge in [0.05, 0.1) is 7.11 Å². The van der Waals surface area contributed by atoms with Gasteiger partial charge in [0.25, 0.3) is 5.91 Å². The number of aromatic nitrogens is 2. The third kappa shape index (κ3) is 5.30. The second kappa shape index (κ2) is 8.99. The van der Waals surface area contributed by atoms with E-state index in [2.05, 4.69) is 26.7 Å². The van der Waals surface area contributed by atoms with Crippen LogP contribution < -0.4 is 15.4 Å². The second-order valence-electron chi connectivity index (χ2n) is 6.64. The average Bonchev–Trinajstić information content (AvgIpc) is 2.68. The number of carbonyl (C=O) groups is 1. The molecule has 1 aromatic heterocycles. The van der Waals surface area contributed by atoms with Crippen molar-refractivity contribution in [3.63, 3.8) is 0 Å². The molecule has 2 aromatic carbocycles. The van der Waals surface area contributed by atoms with Crippen molar-refractivity contribution in [3.05, 3.63) is 77.2 Å². The number of nitrogens with one attached hydrogen (secondary N) is 2. The van der Waals surface area contributed by atoms with E-state index >= 15 is 0 Å². The number of benzene rings is 2. The minimum Gasteiger partial charge on any atom is -0.497 e. The standard InChI is InChI=1S/C22H24N4O2/c1-15-10-16(2)12-18(11-15)26-21-13-20(24-14-25-21)22(27)23-9-8-17-4-6-19(28-3)7-5-17/h4-7,10-14H,8-9H2,1-3H3,(H,23,27)(H,24,25,26). The highest BCUT2D eigenvalue weighted by molar-refractivity contribution is 5.92. The number of anilines is 2. The number of aryl methyl sites for hydroxylation is 2. The summed E-state index contributed by atoms with van der Waals surface area (Å²) in [5.74, 6) is 1.18. The first-order chi connectivity index (χ1) is 13.5. The number of methoxy groups -OCH3 is 1. The Morgan fingerprint density at radius 2 is 1.71 bits per heavy atom. The van der Waals surface area contributed by atoms with Gasteiger partial charge in [0.15, 0.2) is 0 Å². The molecule has 0 atom stereocenters. The van der Waals surface area contributed by atoms with Crippen LogP contribution in [0.5, 0.6) is 5.75 Å². The molecule has 0 saturated carbocycles. The van der Waals surface area contributed by atoms with E-state index in [1.54, 1.807) is 13.2 Å². The van der Waals surface area contributed by atoms with E-state index in [0.717, 1.165) is 34.5 Å². The van der Waals surface area contributed by atoms with Crippen LogP contribution in [-0.2, 0) is 6.42 Å². The summed E-state index contributed by atoms with van der Waals surface area (Å²) in [7, 11) is 1.64. The Hall–Kier alpha value is -3.41. The molecule has 1 amide bonds. The Bertz CT molecular complexity index is 935. The van der Waals surface area contributed by atoms with E-state index in [-0.39, 0.29) is 5.91 Å². The zero-order valence-corrected chi connectivity index (χ0v) is 16.3. The van der Waals surface area contributed by atoms with Gasteiger partial charge in [-0.15, -0.1) is 0 Å². The van der Waals surface area contributed by atoms with Crippen molar-refractivity contribution in [3.8, 4) is 5.75 Å². The van der Waals surface area contributed by atoms with Crippen molar-refractivity contribution in [2.24, 2.45) is 0 Å². The van der Waals surface area contributed by atoms with E-state index < -0.39 is 0 Å². The van der Waals surface area contributed by atoms with Gasteiger partial charge >= 0.3 is 0 Å². The van der Waals surface area contributed by atoms with Gasteiger partial charge < -0.3 is 15.4 Å². The van der Waals surface area contributed by atoms with Crippen LogP contribution in [0.2, 0.25) is 0 Å². The third-order valence-electron chi connectivity index (χ3n) is 4.25. The summed E-state index contributed by atoms with van der Waals surface area (Å²) in [6.07, 6.45) is 2.12. The fraction of sp³-hybridized carbons (Fsp3) is 0.227. The van der Waals surface area contributed by atoms with Crippen LogP contribution in [0.1, 0.15) is 27.2 Å². The first kappa shape index (κ1) is 19.4. The summed E-state index contributed by atoms with van der Waals surface area (Å²) < 4.78 is 5.15. The Morgan fingerprint density at radius 3 is 2.39 bits per heavy atom. The van der Waals surface area contributed by atoms with E-state index in [1.165, 1.54) is 6.33 Å². The molecule has 0 bridgehead atoms. The lowest BCUT2D eigenvalue weighted by Gasteiger charge is -2.09. The van der Waals surface area contributed by atoms with Crippen LogP contribution in [0, 0.1) is 13.8 Å². The van der Waals surface area contributed by atoms with Crippen molar-refractivity contribution >= 4 is 17.4 Å². The molecule has 6 nitrogen and oxygen atoms in total. The number of hydrogen-bond donors (Lipinski definition) is 2. The fourth-order valence-electron chi connectivity index (χ4n) is 2.95. The molecule has 0 unspecified atom stereocenters. The quantitative estimate of drug-likeness (QED) is 0.656. The molecule has 2 N–H and O–H groups in total. The minimum atomic E-state index is -0.223. The molecular formula is C22H24N4O2. The lowest BCUT2D eigenvalue weighted by atomic mass is 10.1. The molecular weight excluding hydrogens is 352 g/mol. The van der Waals surface area contributed by atoms with E-state index in [1.807, 2.05) is 50.2 Å². The molecule has 0 fully saturated rings. The highest BCUT2D eigenvalue weighted by Gasteiger charge is 2.09. The van der Waals surface area contributed by atoms with Gasteiger partial charge in [-0.1, -0.05) is 18.2 Å². The van der Waals surface area contributed by atoms with Gasteiger partial charge in [-0.2, -0.15) is 0 Å². The maximum Gasteiger partial charge on any atom is 0.270 e. The zero-order valence-electron chi connectivity index (χ0n) is 16.3. The largest absolute Gasteiger partial charge is 0.497 e. The van der Waals surface area contributed by atoms with Gasteiger partial charge in [-0.25, -0.2) is 9.97 Å². The number of rotatable bonds is 7. The molecule has 3 rings (SSSR count). The SMILES string of the molecule is COc1ccc(CCNC(=O)c2cc(Nc3cc(C)cc(C)c3)ncn2)cc1. The molecule has 0 radical (unpaired) electrons. The number of hydrogen-bond acceptors (Lipinski definition) is 5. The number of carbonyl (C=O) groups excluding carboxylic acids is 1. The first-order valence-corrected chi connectivity index (χ1v) is 9.12. The summed E-state index contributed by atoms with van der Waals surface area (Å²) in [5.41, 5.74) is 4.71. The Morgan fingerprint density at radius 1 is 1.00 bits per heavy atom. The van der Waals surface area contributed by atoms with Crippen LogP contribution >= 0.6 is 0 Å². The lowest BCUT2D eigenvalue weighted by molar-refractivity contribution is 0.0949. The number of nitrogens with zero attached hydrogens (tertiary/aromatic N) is 2. The molecule has 3 aromatic rings. The van der Waals surface area contributed by atoms with Crippen LogP contribution in [0.25, 0.3) is 0 Å². The molecule has 144 valence electrons. The normalized spacial score (nSPS) is 10.4. The fourth-order valence-corrected chi connectivity index (χ4v) is 2.95. The van der Waals surface area contributed by atoms with Crippen LogP contribution in [0.4, 0.5) is 11.5 Å². The zero-order chi connectivity index (χ0) is 19.9. The van der Waals surface area contributed by atoms with Crippen molar-refractivity contribution in [2.45, 2.75) is 20.3 Å². The molecule has 1 heterocycles. The first-order valence-electron chi connectivity index (χ1n) is 9.12. The van der Waals surface area contributed by atoms with Crippen molar-refractivity contribution in [1.82, 2.24) is 15.3 Å². The summed E-state index contributed by atoms with van der Waals surface area (Å²) in [6.45, 7) is 4.61. The topological polar surface area (TPSA) is 76.1 Å². The number of amides is 1. The third-order valence-corrected chi connectivity index (χ3v) is 4.25. The highest BCUT2D eigenvalue weighted by atomic mass is 16.5. The highest BCUT2D eigenvalue weighted by Crippen LogP contribution is 2.18. The maximum absolute atomic E-state index is 12.4. The predicted octanol–water partition coefficient (Wildman–Crippen LogP) is 3.82. The molecule has 6 heteroatoms. The Kier molecular flexibility index (Phi) is 6.22. The molecule has 28 heavy (non-hydrogen) atoms. The molecule has 0 aliphatic carbocycles. The van der Waals surface area contributed by atoms with E-state index in [4.69, 9.17) is 4.74 Å². The monoisotopic (exact) mass is 376 g/mol. The van der Waals surface area contributed by atoms with Gasteiger partial charge in [-0.05, 0) is 61.2 Å². The van der Waals surface area contributed by atoms with Crippen LogP contribution in [-0.4, -0.2) is 29.5 Å². The van der Waals surface area contributed by atoms with Crippen molar-refractivity contribution < 1.29 is 9.53 Å². The summed E-state index contributed by atoms with van der Waals surface area (Å²) >= 11 is 0.